The second kappa shape index (κ2) is 4.91. The van der Waals surface area contributed by atoms with Crippen LogP contribution in [0.25, 0.3) is 0 Å². The van der Waals surface area contributed by atoms with Crippen LogP contribution in [0.1, 0.15) is 26.3 Å². The first-order valence-electron chi connectivity index (χ1n) is 5.15. The molecule has 0 aromatic heterocycles. The van der Waals surface area contributed by atoms with Crippen molar-refractivity contribution in [1.29, 1.82) is 0 Å². The van der Waals surface area contributed by atoms with Crippen molar-refractivity contribution < 1.29 is 19.5 Å². The van der Waals surface area contributed by atoms with Gasteiger partial charge in [-0.1, -0.05) is 26.8 Å². The zero-order valence-corrected chi connectivity index (χ0v) is 10.3. The highest BCUT2D eigenvalue weighted by Gasteiger charge is 2.30. The lowest BCUT2D eigenvalue weighted by molar-refractivity contribution is -0.386. The fourth-order valence-electron chi connectivity index (χ4n) is 1.58. The number of nitro benzene ring substituents is 1. The van der Waals surface area contributed by atoms with Gasteiger partial charge >= 0.3 is 6.09 Å². The Morgan fingerprint density at radius 1 is 1.39 bits per heavy atom. The first-order valence-corrected chi connectivity index (χ1v) is 5.15. The Labute approximate surface area is 104 Å². The van der Waals surface area contributed by atoms with E-state index in [-0.39, 0.29) is 11.4 Å². The molecule has 0 unspecified atom stereocenters. The van der Waals surface area contributed by atoms with E-state index in [4.69, 9.17) is 10.6 Å². The Balaban J connectivity index is 3.29. The molecule has 0 aliphatic rings. The number of nitro groups is 1. The number of hydrogen-bond acceptors (Lipinski definition) is 5. The van der Waals surface area contributed by atoms with Crippen molar-refractivity contribution in [2.45, 2.75) is 26.2 Å². The summed E-state index contributed by atoms with van der Waals surface area (Å²) >= 11 is 0. The summed E-state index contributed by atoms with van der Waals surface area (Å²) in [4.78, 5) is 29.9. The van der Waals surface area contributed by atoms with Crippen molar-refractivity contribution in [3.63, 3.8) is 0 Å². The number of rotatable bonds is 3. The number of nitrogens with two attached hydrogens (primary N) is 1. The lowest BCUT2D eigenvalue weighted by atomic mass is 9.85. The van der Waals surface area contributed by atoms with Crippen LogP contribution in [0.2, 0.25) is 0 Å². The SMILES string of the molecule is CC(C)(C)c1c(OOC(N)=O)cccc1[N+](=O)[O-]. The van der Waals surface area contributed by atoms with E-state index >= 15 is 0 Å². The maximum Gasteiger partial charge on any atom is 0.447 e. The molecule has 0 fully saturated rings. The quantitative estimate of drug-likeness (QED) is 0.506. The lowest BCUT2D eigenvalue weighted by Gasteiger charge is -2.20. The van der Waals surface area contributed by atoms with Crippen LogP contribution in [0.3, 0.4) is 0 Å². The van der Waals surface area contributed by atoms with Gasteiger partial charge in [-0.3, -0.25) is 15.0 Å². The van der Waals surface area contributed by atoms with E-state index in [1.807, 2.05) is 0 Å². The van der Waals surface area contributed by atoms with Crippen LogP contribution >= 0.6 is 0 Å². The van der Waals surface area contributed by atoms with Gasteiger partial charge in [0.15, 0.2) is 5.75 Å². The van der Waals surface area contributed by atoms with Crippen molar-refractivity contribution in [3.8, 4) is 5.75 Å². The highest BCUT2D eigenvalue weighted by atomic mass is 17.2. The topological polar surface area (TPSA) is 105 Å². The largest absolute Gasteiger partial charge is 0.447 e. The van der Waals surface area contributed by atoms with Gasteiger partial charge in [-0.2, -0.15) is 0 Å². The van der Waals surface area contributed by atoms with Crippen molar-refractivity contribution in [1.82, 2.24) is 0 Å². The highest BCUT2D eigenvalue weighted by molar-refractivity contribution is 5.64. The van der Waals surface area contributed by atoms with Crippen LogP contribution in [-0.4, -0.2) is 11.0 Å². The van der Waals surface area contributed by atoms with E-state index in [9.17, 15) is 14.9 Å². The number of carbonyl (C=O) groups excluding carboxylic acids is 1. The fraction of sp³-hybridized carbons (Fsp3) is 0.364. The first-order chi connectivity index (χ1) is 8.23. The molecule has 0 saturated heterocycles. The minimum Gasteiger partial charge on any atom is -0.332 e. The molecule has 0 bridgehead atoms. The first kappa shape index (κ1) is 13.8. The van der Waals surface area contributed by atoms with Crippen molar-refractivity contribution in [2.24, 2.45) is 5.73 Å². The summed E-state index contributed by atoms with van der Waals surface area (Å²) in [5.41, 5.74) is 4.45. The molecule has 1 rings (SSSR count). The number of hydrogen-bond donors (Lipinski definition) is 1. The molecule has 7 nitrogen and oxygen atoms in total. The number of nitrogens with zero attached hydrogens (tertiary/aromatic N) is 1. The van der Waals surface area contributed by atoms with Gasteiger partial charge in [0.1, 0.15) is 0 Å². The molecule has 98 valence electrons. The number of carbonyl (C=O) groups is 1. The van der Waals surface area contributed by atoms with E-state index < -0.39 is 16.4 Å². The van der Waals surface area contributed by atoms with Gasteiger partial charge in [-0.05, 0) is 11.5 Å². The predicted octanol–water partition coefficient (Wildman–Crippen LogP) is 2.28. The normalized spacial score (nSPS) is 10.8. The molecule has 0 heterocycles. The summed E-state index contributed by atoms with van der Waals surface area (Å²) in [5, 5.41) is 11.0. The standard InChI is InChI=1S/C11H14N2O5/c1-11(2,3)9-7(13(15)16)5-4-6-8(9)17-18-10(12)14/h4-6H,1-3H3,(H2,12,14). The molecule has 0 aliphatic heterocycles. The Hall–Kier alpha value is -2.31. The zero-order chi connectivity index (χ0) is 13.9. The van der Waals surface area contributed by atoms with Crippen molar-refractivity contribution in [2.75, 3.05) is 0 Å². The molecular weight excluding hydrogens is 240 g/mol. The molecule has 7 heteroatoms. The minimum absolute atomic E-state index is 0.0931. The molecule has 1 amide bonds. The van der Waals surface area contributed by atoms with Crippen LogP contribution in [-0.2, 0) is 10.3 Å². The molecule has 1 aromatic rings. The van der Waals surface area contributed by atoms with Gasteiger partial charge < -0.3 is 5.73 Å². The average molecular weight is 254 g/mol. The van der Waals surface area contributed by atoms with Crippen LogP contribution < -0.4 is 10.6 Å². The minimum atomic E-state index is -1.12. The maximum absolute atomic E-state index is 11.0. The molecule has 0 aliphatic carbocycles. The third-order valence-electron chi connectivity index (χ3n) is 2.16. The number of primary amides is 1. The smallest absolute Gasteiger partial charge is 0.332 e. The van der Waals surface area contributed by atoms with Gasteiger partial charge in [0.05, 0.1) is 10.5 Å². The Bertz CT molecular complexity index is 479. The van der Waals surface area contributed by atoms with Crippen LogP contribution in [0.15, 0.2) is 18.2 Å². The Morgan fingerprint density at radius 3 is 2.44 bits per heavy atom. The maximum atomic E-state index is 11.0. The molecule has 0 saturated carbocycles. The predicted molar refractivity (Wildman–Crippen MR) is 63.1 cm³/mol. The number of benzene rings is 1. The van der Waals surface area contributed by atoms with E-state index in [1.54, 1.807) is 20.8 Å². The summed E-state index contributed by atoms with van der Waals surface area (Å²) in [5.74, 6) is 0.0931. The van der Waals surface area contributed by atoms with Crippen LogP contribution in [0.5, 0.6) is 5.75 Å². The Morgan fingerprint density at radius 2 is 2.00 bits per heavy atom. The van der Waals surface area contributed by atoms with Gasteiger partial charge in [0, 0.05) is 6.07 Å². The third kappa shape index (κ3) is 3.09. The van der Waals surface area contributed by atoms with E-state index in [0.717, 1.165) is 0 Å². The summed E-state index contributed by atoms with van der Waals surface area (Å²) in [6.45, 7) is 5.35. The summed E-state index contributed by atoms with van der Waals surface area (Å²) in [6, 6.07) is 4.27. The highest BCUT2D eigenvalue weighted by Crippen LogP contribution is 2.38. The molecule has 1 aromatic carbocycles. The second-order valence-corrected chi connectivity index (χ2v) is 4.64. The van der Waals surface area contributed by atoms with Crippen molar-refractivity contribution >= 4 is 11.8 Å². The van der Waals surface area contributed by atoms with E-state index in [0.29, 0.717) is 5.56 Å². The van der Waals surface area contributed by atoms with Crippen LogP contribution in [0.4, 0.5) is 10.5 Å². The molecule has 18 heavy (non-hydrogen) atoms. The Kier molecular flexibility index (Phi) is 3.75. The lowest BCUT2D eigenvalue weighted by Crippen LogP contribution is -2.19. The van der Waals surface area contributed by atoms with Crippen LogP contribution in [0, 0.1) is 10.1 Å². The van der Waals surface area contributed by atoms with Gasteiger partial charge in [-0.25, -0.2) is 9.68 Å². The fourth-order valence-corrected chi connectivity index (χ4v) is 1.58. The third-order valence-corrected chi connectivity index (χ3v) is 2.16. The van der Waals surface area contributed by atoms with E-state index in [1.165, 1.54) is 18.2 Å². The number of amides is 1. The second-order valence-electron chi connectivity index (χ2n) is 4.64. The molecule has 0 radical (unpaired) electrons. The molecule has 0 atom stereocenters. The zero-order valence-electron chi connectivity index (χ0n) is 10.3. The van der Waals surface area contributed by atoms with Gasteiger partial charge in [0.25, 0.3) is 5.69 Å². The average Bonchev–Trinajstić information content (AvgIpc) is 2.24. The molecule has 2 N–H and O–H groups in total. The molecular formula is C11H14N2O5. The summed E-state index contributed by atoms with van der Waals surface area (Å²) < 4.78 is 0. The molecule has 0 spiro atoms. The summed E-state index contributed by atoms with van der Waals surface area (Å²) in [6.07, 6.45) is -1.12. The van der Waals surface area contributed by atoms with Gasteiger partial charge in [0.2, 0.25) is 0 Å². The van der Waals surface area contributed by atoms with Gasteiger partial charge in [-0.15, -0.1) is 0 Å². The monoisotopic (exact) mass is 254 g/mol. The van der Waals surface area contributed by atoms with E-state index in [2.05, 4.69) is 4.89 Å². The summed E-state index contributed by atoms with van der Waals surface area (Å²) in [7, 11) is 0. The van der Waals surface area contributed by atoms with Crippen molar-refractivity contribution in [3.05, 3.63) is 33.9 Å².